The molecule has 2 nitrogen and oxygen atoms in total. The van der Waals surface area contributed by atoms with Crippen LogP contribution in [-0.4, -0.2) is 23.4 Å². The Morgan fingerprint density at radius 1 is 1.32 bits per heavy atom. The molecule has 2 rings (SSSR count). The molecule has 4 atom stereocenters. The molecule has 0 aromatic carbocycles. The van der Waals surface area contributed by atoms with Gasteiger partial charge in [-0.15, -0.1) is 0 Å². The number of hydrogen-bond acceptors (Lipinski definition) is 2. The molecule has 22 heavy (non-hydrogen) atoms. The molecule has 0 heterocycles. The number of allylic oxidation sites excluding steroid dienone is 2. The van der Waals surface area contributed by atoms with Crippen molar-refractivity contribution in [1.82, 2.24) is 0 Å². The molecule has 126 valence electrons. The molecule has 0 aromatic heterocycles. The van der Waals surface area contributed by atoms with Gasteiger partial charge in [0, 0.05) is 6.61 Å². The van der Waals surface area contributed by atoms with E-state index in [0.29, 0.717) is 23.7 Å². The van der Waals surface area contributed by atoms with Crippen molar-refractivity contribution >= 4 is 0 Å². The molecular weight excluding hydrogens is 272 g/mol. The van der Waals surface area contributed by atoms with Gasteiger partial charge in [-0.1, -0.05) is 39.0 Å². The van der Waals surface area contributed by atoms with Gasteiger partial charge in [0.2, 0.25) is 0 Å². The van der Waals surface area contributed by atoms with Crippen LogP contribution in [0.3, 0.4) is 0 Å². The largest absolute Gasteiger partial charge is 0.396 e. The minimum Gasteiger partial charge on any atom is -0.396 e. The zero-order valence-corrected chi connectivity index (χ0v) is 14.7. The zero-order valence-electron chi connectivity index (χ0n) is 14.7. The summed E-state index contributed by atoms with van der Waals surface area (Å²) in [4.78, 5) is 0. The first kappa shape index (κ1) is 17.7. The predicted molar refractivity (Wildman–Crippen MR) is 92.6 cm³/mol. The number of aliphatic hydroxyl groups excluding tert-OH is 2. The SMILES string of the molecule is C=C1CCCC2C1(C)CCC(C)C2(C)C/C=C(/CO)CCO. The summed E-state index contributed by atoms with van der Waals surface area (Å²) in [7, 11) is 0. The first-order valence-corrected chi connectivity index (χ1v) is 8.96. The fraction of sp³-hybridized carbons (Fsp3) is 0.800. The predicted octanol–water partition coefficient (Wildman–Crippen LogP) is 4.48. The summed E-state index contributed by atoms with van der Waals surface area (Å²) in [6, 6.07) is 0. The summed E-state index contributed by atoms with van der Waals surface area (Å²) in [6.07, 6.45) is 10.1. The monoisotopic (exact) mass is 306 g/mol. The third kappa shape index (κ3) is 3.05. The Kier molecular flexibility index (Phi) is 5.55. The molecule has 2 aliphatic rings. The van der Waals surface area contributed by atoms with Crippen LogP contribution in [0.5, 0.6) is 0 Å². The highest BCUT2D eigenvalue weighted by molar-refractivity contribution is 5.20. The minimum absolute atomic E-state index is 0.0691. The maximum Gasteiger partial charge on any atom is 0.0642 e. The fourth-order valence-corrected chi connectivity index (χ4v) is 5.07. The van der Waals surface area contributed by atoms with Crippen LogP contribution in [0.4, 0.5) is 0 Å². The van der Waals surface area contributed by atoms with Crippen LogP contribution in [0.25, 0.3) is 0 Å². The average Bonchev–Trinajstić information content (AvgIpc) is 2.50. The third-order valence-corrected chi connectivity index (χ3v) is 7.03. The second-order valence-corrected chi connectivity index (χ2v) is 8.11. The fourth-order valence-electron chi connectivity index (χ4n) is 5.07. The first-order chi connectivity index (χ1) is 10.4. The molecule has 2 fully saturated rings. The van der Waals surface area contributed by atoms with Gasteiger partial charge in [0.25, 0.3) is 0 Å². The second-order valence-electron chi connectivity index (χ2n) is 8.11. The van der Waals surface area contributed by atoms with Gasteiger partial charge >= 0.3 is 0 Å². The van der Waals surface area contributed by atoms with Gasteiger partial charge in [0.1, 0.15) is 0 Å². The van der Waals surface area contributed by atoms with Crippen molar-refractivity contribution in [3.8, 4) is 0 Å². The highest BCUT2D eigenvalue weighted by atomic mass is 16.3. The van der Waals surface area contributed by atoms with Crippen molar-refractivity contribution in [3.63, 3.8) is 0 Å². The molecule has 2 aliphatic carbocycles. The van der Waals surface area contributed by atoms with E-state index in [1.54, 1.807) is 0 Å². The highest BCUT2D eigenvalue weighted by Gasteiger charge is 2.53. The van der Waals surface area contributed by atoms with Crippen molar-refractivity contribution < 1.29 is 10.2 Å². The lowest BCUT2D eigenvalue weighted by Crippen LogP contribution is -2.50. The number of hydrogen-bond donors (Lipinski definition) is 2. The molecule has 2 N–H and O–H groups in total. The second kappa shape index (κ2) is 6.88. The Morgan fingerprint density at radius 3 is 2.68 bits per heavy atom. The van der Waals surface area contributed by atoms with Gasteiger partial charge in [-0.3, -0.25) is 0 Å². The van der Waals surface area contributed by atoms with Gasteiger partial charge < -0.3 is 10.2 Å². The van der Waals surface area contributed by atoms with Crippen molar-refractivity contribution in [2.75, 3.05) is 13.2 Å². The molecule has 0 aromatic rings. The molecule has 0 aliphatic heterocycles. The Balaban J connectivity index is 2.26. The molecule has 0 amide bonds. The van der Waals surface area contributed by atoms with Crippen LogP contribution in [0, 0.1) is 22.7 Å². The van der Waals surface area contributed by atoms with Crippen LogP contribution in [0.2, 0.25) is 0 Å². The van der Waals surface area contributed by atoms with Gasteiger partial charge in [-0.25, -0.2) is 0 Å². The standard InChI is InChI=1S/C20H34O2/c1-15-6-5-7-18-19(15,3)11-8-16(2)20(18,4)12-9-17(14-22)10-13-21/h9,16,18,21-22H,1,5-8,10-14H2,2-4H3/b17-9+. The van der Waals surface area contributed by atoms with Gasteiger partial charge in [0.15, 0.2) is 0 Å². The van der Waals surface area contributed by atoms with Gasteiger partial charge in [-0.2, -0.15) is 0 Å². The van der Waals surface area contributed by atoms with Crippen molar-refractivity contribution in [2.45, 2.75) is 65.7 Å². The van der Waals surface area contributed by atoms with E-state index in [1.807, 2.05) is 0 Å². The summed E-state index contributed by atoms with van der Waals surface area (Å²) in [5.74, 6) is 1.39. The summed E-state index contributed by atoms with van der Waals surface area (Å²) in [5.41, 5.74) is 3.01. The van der Waals surface area contributed by atoms with E-state index in [1.165, 1.54) is 37.7 Å². The van der Waals surface area contributed by atoms with E-state index < -0.39 is 0 Å². The maximum atomic E-state index is 9.47. The normalized spacial score (nSPS) is 39.7. The summed E-state index contributed by atoms with van der Waals surface area (Å²) in [6.45, 7) is 11.9. The molecule has 0 spiro atoms. The van der Waals surface area contributed by atoms with Crippen LogP contribution >= 0.6 is 0 Å². The molecule has 0 radical (unpaired) electrons. The van der Waals surface area contributed by atoms with Gasteiger partial charge in [0.05, 0.1) is 6.61 Å². The lowest BCUT2D eigenvalue weighted by Gasteiger charge is -2.58. The molecule has 0 saturated heterocycles. The third-order valence-electron chi connectivity index (χ3n) is 7.03. The van der Waals surface area contributed by atoms with Crippen molar-refractivity contribution in [3.05, 3.63) is 23.8 Å². The van der Waals surface area contributed by atoms with E-state index in [4.69, 9.17) is 5.11 Å². The number of rotatable bonds is 5. The van der Waals surface area contributed by atoms with Crippen LogP contribution in [-0.2, 0) is 0 Å². The lowest BCUT2D eigenvalue weighted by molar-refractivity contribution is -0.0473. The van der Waals surface area contributed by atoms with Crippen molar-refractivity contribution in [2.24, 2.45) is 22.7 Å². The highest BCUT2D eigenvalue weighted by Crippen LogP contribution is 2.62. The van der Waals surface area contributed by atoms with E-state index in [0.717, 1.165) is 12.0 Å². The van der Waals surface area contributed by atoms with E-state index in [-0.39, 0.29) is 18.6 Å². The molecule has 2 heteroatoms. The Bertz CT molecular complexity index is 439. The smallest absolute Gasteiger partial charge is 0.0642 e. The minimum atomic E-state index is 0.0691. The molecule has 4 unspecified atom stereocenters. The Hall–Kier alpha value is -0.600. The topological polar surface area (TPSA) is 40.5 Å². The first-order valence-electron chi connectivity index (χ1n) is 8.96. The van der Waals surface area contributed by atoms with Crippen LogP contribution in [0.15, 0.2) is 23.8 Å². The summed E-state index contributed by atoms with van der Waals surface area (Å²) < 4.78 is 0. The molecule has 2 saturated carbocycles. The molecular formula is C20H34O2. The number of fused-ring (bicyclic) bond motifs is 1. The van der Waals surface area contributed by atoms with E-state index in [9.17, 15) is 5.11 Å². The zero-order chi connectivity index (χ0) is 16.4. The Morgan fingerprint density at radius 2 is 2.05 bits per heavy atom. The van der Waals surface area contributed by atoms with Gasteiger partial charge in [-0.05, 0) is 73.2 Å². The summed E-state index contributed by atoms with van der Waals surface area (Å²) >= 11 is 0. The maximum absolute atomic E-state index is 9.47. The van der Waals surface area contributed by atoms with E-state index in [2.05, 4.69) is 33.4 Å². The van der Waals surface area contributed by atoms with Crippen LogP contribution < -0.4 is 0 Å². The van der Waals surface area contributed by atoms with Crippen molar-refractivity contribution in [1.29, 1.82) is 0 Å². The lowest BCUT2D eigenvalue weighted by atomic mass is 9.46. The summed E-state index contributed by atoms with van der Waals surface area (Å²) in [5, 5.41) is 18.6. The molecule has 0 bridgehead atoms. The van der Waals surface area contributed by atoms with Crippen LogP contribution in [0.1, 0.15) is 65.7 Å². The number of aliphatic hydroxyl groups is 2. The van der Waals surface area contributed by atoms with E-state index >= 15 is 0 Å². The average molecular weight is 306 g/mol. The Labute approximate surface area is 136 Å². The quantitative estimate of drug-likeness (QED) is 0.735.